The van der Waals surface area contributed by atoms with Gasteiger partial charge in [-0.1, -0.05) is 39.8 Å². The molecular weight excluding hydrogens is 448 g/mol. The molecule has 4 rings (SSSR count). The summed E-state index contributed by atoms with van der Waals surface area (Å²) < 4.78 is 0. The predicted octanol–water partition coefficient (Wildman–Crippen LogP) is 8.47. The lowest BCUT2D eigenvalue weighted by Crippen LogP contribution is -2.33. The fraction of sp³-hybridized carbons (Fsp3) is 0.677. The number of nitrogens with zero attached hydrogens (tertiary/aromatic N) is 2. The zero-order valence-electron chi connectivity index (χ0n) is 23.0. The first-order valence-corrected chi connectivity index (χ1v) is 14.9. The second kappa shape index (κ2) is 10.7. The lowest BCUT2D eigenvalue weighted by Gasteiger charge is -2.42. The molecule has 1 heterocycles. The highest BCUT2D eigenvalue weighted by molar-refractivity contribution is 7.10. The summed E-state index contributed by atoms with van der Waals surface area (Å²) in [6.45, 7) is 15.4. The van der Waals surface area contributed by atoms with Crippen molar-refractivity contribution in [2.24, 2.45) is 5.92 Å². The van der Waals surface area contributed by atoms with Gasteiger partial charge >= 0.3 is 0 Å². The van der Waals surface area contributed by atoms with Crippen molar-refractivity contribution in [1.29, 1.82) is 0 Å². The minimum atomic E-state index is 0.230. The summed E-state index contributed by atoms with van der Waals surface area (Å²) in [5, 5.41) is 3.61. The first-order valence-electron chi connectivity index (χ1n) is 14.0. The van der Waals surface area contributed by atoms with Gasteiger partial charge in [0.25, 0.3) is 0 Å². The van der Waals surface area contributed by atoms with E-state index in [-0.39, 0.29) is 10.8 Å². The van der Waals surface area contributed by atoms with Crippen molar-refractivity contribution in [3.8, 4) is 11.3 Å². The number of amides is 1. The Kier molecular flexibility index (Phi) is 8.10. The molecule has 0 saturated heterocycles. The first kappa shape index (κ1) is 26.4. The van der Waals surface area contributed by atoms with Gasteiger partial charge in [0.2, 0.25) is 5.91 Å². The van der Waals surface area contributed by atoms with E-state index in [9.17, 15) is 4.79 Å². The number of rotatable bonds is 8. The number of thiazole rings is 1. The minimum absolute atomic E-state index is 0.230. The number of fused-ring (bicyclic) bond motifs is 1. The van der Waals surface area contributed by atoms with E-state index in [0.717, 1.165) is 31.1 Å². The second-order valence-electron chi connectivity index (χ2n) is 12.3. The molecule has 0 atom stereocenters. The van der Waals surface area contributed by atoms with E-state index in [1.807, 2.05) is 16.2 Å². The number of hydrogen-bond donors (Lipinski definition) is 0. The van der Waals surface area contributed by atoms with Crippen LogP contribution in [0, 0.1) is 5.92 Å². The van der Waals surface area contributed by atoms with Gasteiger partial charge < -0.3 is 4.90 Å². The summed E-state index contributed by atoms with van der Waals surface area (Å²) in [5.74, 6) is 1.71. The quantitative estimate of drug-likeness (QED) is 0.369. The van der Waals surface area contributed by atoms with Gasteiger partial charge in [0.15, 0.2) is 0 Å². The lowest BCUT2D eigenvalue weighted by atomic mass is 9.63. The van der Waals surface area contributed by atoms with Gasteiger partial charge in [0.1, 0.15) is 0 Å². The largest absolute Gasteiger partial charge is 0.343 e. The molecule has 2 aliphatic rings. The van der Waals surface area contributed by atoms with Crippen molar-refractivity contribution in [1.82, 2.24) is 9.88 Å². The highest BCUT2D eigenvalue weighted by Crippen LogP contribution is 2.47. The fourth-order valence-electron chi connectivity index (χ4n) is 6.33. The summed E-state index contributed by atoms with van der Waals surface area (Å²) in [7, 11) is 0. The van der Waals surface area contributed by atoms with E-state index >= 15 is 0 Å². The summed E-state index contributed by atoms with van der Waals surface area (Å²) in [4.78, 5) is 19.4. The normalized spacial score (nSPS) is 23.0. The third-order valence-corrected chi connectivity index (χ3v) is 9.99. The Morgan fingerprint density at radius 1 is 1.00 bits per heavy atom. The van der Waals surface area contributed by atoms with Gasteiger partial charge in [-0.2, -0.15) is 0 Å². The molecule has 4 heteroatoms. The van der Waals surface area contributed by atoms with Crippen LogP contribution in [0.3, 0.4) is 0 Å². The molecule has 35 heavy (non-hydrogen) atoms. The highest BCUT2D eigenvalue weighted by Gasteiger charge is 2.37. The minimum Gasteiger partial charge on any atom is -0.343 e. The van der Waals surface area contributed by atoms with Crippen molar-refractivity contribution in [2.45, 2.75) is 116 Å². The molecule has 0 spiro atoms. The molecular formula is C31H46N2OS. The Hall–Kier alpha value is -1.68. The molecule has 0 bridgehead atoms. The van der Waals surface area contributed by atoms with Crippen LogP contribution in [0.5, 0.6) is 0 Å². The Morgan fingerprint density at radius 2 is 1.66 bits per heavy atom. The van der Waals surface area contributed by atoms with Crippen molar-refractivity contribution in [2.75, 3.05) is 13.1 Å². The molecule has 1 saturated carbocycles. The van der Waals surface area contributed by atoms with Crippen LogP contribution in [0.1, 0.15) is 121 Å². The Balaban J connectivity index is 1.35. The Bertz CT molecular complexity index is 1010. The van der Waals surface area contributed by atoms with Crippen molar-refractivity contribution >= 4 is 17.2 Å². The maximum atomic E-state index is 12.3. The molecule has 1 aromatic carbocycles. The van der Waals surface area contributed by atoms with Gasteiger partial charge in [-0.15, -0.1) is 11.3 Å². The van der Waals surface area contributed by atoms with Crippen LogP contribution in [-0.4, -0.2) is 28.9 Å². The third-order valence-electron chi connectivity index (χ3n) is 8.99. The lowest BCUT2D eigenvalue weighted by molar-refractivity contribution is -0.130. The topological polar surface area (TPSA) is 33.2 Å². The van der Waals surface area contributed by atoms with E-state index in [4.69, 9.17) is 4.98 Å². The molecule has 2 aromatic rings. The monoisotopic (exact) mass is 494 g/mol. The van der Waals surface area contributed by atoms with Gasteiger partial charge in [0, 0.05) is 36.4 Å². The van der Waals surface area contributed by atoms with E-state index in [1.54, 1.807) is 0 Å². The zero-order chi connectivity index (χ0) is 25.2. The van der Waals surface area contributed by atoms with E-state index in [0.29, 0.717) is 18.2 Å². The van der Waals surface area contributed by atoms with Gasteiger partial charge in [-0.05, 0) is 99.2 Å². The number of aromatic nitrogens is 1. The van der Waals surface area contributed by atoms with E-state index in [1.165, 1.54) is 66.6 Å². The fourth-order valence-corrected chi connectivity index (χ4v) is 7.33. The predicted molar refractivity (Wildman–Crippen MR) is 149 cm³/mol. The molecule has 0 radical (unpaired) electrons. The Labute approximate surface area is 217 Å². The van der Waals surface area contributed by atoms with E-state index < -0.39 is 0 Å². The zero-order valence-corrected chi connectivity index (χ0v) is 23.8. The maximum absolute atomic E-state index is 12.3. The van der Waals surface area contributed by atoms with Crippen LogP contribution >= 0.6 is 11.3 Å². The molecule has 192 valence electrons. The summed E-state index contributed by atoms with van der Waals surface area (Å²) in [6, 6.07) is 7.11. The molecule has 2 aliphatic carbocycles. The van der Waals surface area contributed by atoms with Crippen molar-refractivity contribution in [3.05, 3.63) is 39.7 Å². The number of carbonyl (C=O) groups excluding carboxylic acids is 1. The van der Waals surface area contributed by atoms with Crippen LogP contribution in [0.4, 0.5) is 0 Å². The van der Waals surface area contributed by atoms with E-state index in [2.05, 4.69) is 65.1 Å². The molecule has 1 fully saturated rings. The number of carbonyl (C=O) groups is 1. The highest BCUT2D eigenvalue weighted by atomic mass is 32.1. The molecule has 0 N–H and O–H groups in total. The maximum Gasteiger partial charge on any atom is 0.222 e. The SMILES string of the molecule is CCN(CC)C(=O)CCCC1CCC(c2nc(-c3ccc4c(c3)C(C)(C)CCC4(C)C)cs2)CC1. The Morgan fingerprint density at radius 3 is 2.31 bits per heavy atom. The van der Waals surface area contributed by atoms with Crippen molar-refractivity contribution in [3.63, 3.8) is 0 Å². The first-order chi connectivity index (χ1) is 16.6. The van der Waals surface area contributed by atoms with Crippen LogP contribution in [0.2, 0.25) is 0 Å². The van der Waals surface area contributed by atoms with Crippen LogP contribution in [-0.2, 0) is 15.6 Å². The summed E-state index contributed by atoms with van der Waals surface area (Å²) in [5.41, 5.74) is 5.96. The standard InChI is InChI=1S/C31H46N2OS/c1-7-33(8-2)28(34)11-9-10-22-12-14-23(15-13-22)29-32-27(21-35-29)24-16-17-25-26(20-24)31(5,6)19-18-30(25,3)4/h16-17,20-23H,7-15,18-19H2,1-6H3. The molecule has 1 aromatic heterocycles. The van der Waals surface area contributed by atoms with Crippen molar-refractivity contribution < 1.29 is 4.79 Å². The van der Waals surface area contributed by atoms with Crippen LogP contribution in [0.15, 0.2) is 23.6 Å². The smallest absolute Gasteiger partial charge is 0.222 e. The number of hydrogen-bond acceptors (Lipinski definition) is 3. The molecule has 1 amide bonds. The molecule has 0 aliphatic heterocycles. The second-order valence-corrected chi connectivity index (χ2v) is 13.2. The van der Waals surface area contributed by atoms with Gasteiger partial charge in [-0.25, -0.2) is 4.98 Å². The average Bonchev–Trinajstić information content (AvgIpc) is 3.33. The van der Waals surface area contributed by atoms with Gasteiger partial charge in [-0.3, -0.25) is 4.79 Å². The van der Waals surface area contributed by atoms with Crippen LogP contribution < -0.4 is 0 Å². The van der Waals surface area contributed by atoms with Gasteiger partial charge in [0.05, 0.1) is 10.7 Å². The average molecular weight is 495 g/mol. The number of benzene rings is 1. The van der Waals surface area contributed by atoms with Crippen LogP contribution in [0.25, 0.3) is 11.3 Å². The third kappa shape index (κ3) is 5.84. The molecule has 0 unspecified atom stereocenters. The molecule has 3 nitrogen and oxygen atoms in total. The summed E-state index contributed by atoms with van der Waals surface area (Å²) in [6.07, 6.45) is 10.5. The summed E-state index contributed by atoms with van der Waals surface area (Å²) >= 11 is 1.86.